The van der Waals surface area contributed by atoms with Gasteiger partial charge in [0.25, 0.3) is 0 Å². The maximum Gasteiger partial charge on any atom is 0.0617 e. The molecule has 0 atom stereocenters. The van der Waals surface area contributed by atoms with Gasteiger partial charge in [0.1, 0.15) is 0 Å². The van der Waals surface area contributed by atoms with Crippen molar-refractivity contribution in [2.24, 2.45) is 0 Å². The maximum atomic E-state index is 3.26. The number of hydrogen-bond donors (Lipinski definition) is 0. The van der Waals surface area contributed by atoms with Gasteiger partial charge in [-0.3, -0.25) is 0 Å². The average molecular weight is 331 g/mol. The first kappa shape index (κ1) is 10.7. The van der Waals surface area contributed by atoms with Gasteiger partial charge < -0.3 is 3.11 Å². The highest BCUT2D eigenvalue weighted by Gasteiger charge is 2.11. The molecule has 0 N–H and O–H groups in total. The van der Waals surface area contributed by atoms with E-state index in [1.54, 1.807) is 0 Å². The molecule has 1 heterocycles. The molecule has 1 aliphatic rings. The molecule has 1 nitrogen and oxygen atoms in total. The molecule has 0 saturated carbocycles. The minimum Gasteiger partial charge on any atom is -0.309 e. The van der Waals surface area contributed by atoms with Gasteiger partial charge in [-0.05, 0) is 23.8 Å². The number of halogens is 1. The Labute approximate surface area is 115 Å². The standard InChI is InChI=1S/C15H10IN/c16-17-11-14-7-2-1-5-12(14)9-10-13-6-3-4-8-15(13)17/h1-8H,11H2. The Balaban J connectivity index is 2.20. The van der Waals surface area contributed by atoms with E-state index >= 15 is 0 Å². The van der Waals surface area contributed by atoms with Crippen molar-refractivity contribution in [3.63, 3.8) is 0 Å². The molecule has 82 valence electrons. The van der Waals surface area contributed by atoms with Crippen LogP contribution in [0, 0.1) is 11.8 Å². The number of benzene rings is 2. The van der Waals surface area contributed by atoms with Crippen molar-refractivity contribution in [2.45, 2.75) is 6.54 Å². The van der Waals surface area contributed by atoms with Crippen LogP contribution in [-0.2, 0) is 6.54 Å². The Morgan fingerprint density at radius 1 is 0.882 bits per heavy atom. The van der Waals surface area contributed by atoms with Crippen molar-refractivity contribution in [1.82, 2.24) is 0 Å². The largest absolute Gasteiger partial charge is 0.309 e. The van der Waals surface area contributed by atoms with E-state index in [9.17, 15) is 0 Å². The van der Waals surface area contributed by atoms with E-state index in [2.05, 4.69) is 74.2 Å². The molecule has 0 aromatic heterocycles. The highest BCUT2D eigenvalue weighted by molar-refractivity contribution is 14.1. The molecule has 0 aliphatic carbocycles. The van der Waals surface area contributed by atoms with Crippen LogP contribution in [0.25, 0.3) is 0 Å². The first-order valence-electron chi connectivity index (χ1n) is 5.47. The quantitative estimate of drug-likeness (QED) is 0.404. The fourth-order valence-electron chi connectivity index (χ4n) is 1.94. The van der Waals surface area contributed by atoms with E-state index in [1.165, 1.54) is 11.3 Å². The fraction of sp³-hybridized carbons (Fsp3) is 0.0667. The fourth-order valence-corrected chi connectivity index (χ4v) is 2.73. The molecule has 17 heavy (non-hydrogen) atoms. The average Bonchev–Trinajstić information content (AvgIpc) is 2.36. The van der Waals surface area contributed by atoms with Crippen molar-refractivity contribution >= 4 is 28.6 Å². The summed E-state index contributed by atoms with van der Waals surface area (Å²) >= 11 is 2.35. The van der Waals surface area contributed by atoms with Crippen LogP contribution in [0.15, 0.2) is 48.5 Å². The van der Waals surface area contributed by atoms with Crippen LogP contribution in [0.5, 0.6) is 0 Å². The summed E-state index contributed by atoms with van der Waals surface area (Å²) in [5.74, 6) is 6.52. The monoisotopic (exact) mass is 331 g/mol. The second-order valence-corrected chi connectivity index (χ2v) is 5.11. The molecule has 0 saturated heterocycles. The van der Waals surface area contributed by atoms with Crippen LogP contribution in [-0.4, -0.2) is 0 Å². The van der Waals surface area contributed by atoms with Gasteiger partial charge in [-0.25, -0.2) is 0 Å². The third-order valence-electron chi connectivity index (χ3n) is 2.82. The van der Waals surface area contributed by atoms with E-state index in [0.29, 0.717) is 0 Å². The van der Waals surface area contributed by atoms with Gasteiger partial charge in [-0.2, -0.15) is 0 Å². The molecule has 0 bridgehead atoms. The minimum atomic E-state index is 0.891. The second kappa shape index (κ2) is 4.42. The summed E-state index contributed by atoms with van der Waals surface area (Å²) in [6.45, 7) is 0.891. The van der Waals surface area contributed by atoms with Crippen LogP contribution in [0.4, 0.5) is 5.69 Å². The zero-order valence-electron chi connectivity index (χ0n) is 9.15. The molecule has 1 aliphatic heterocycles. The van der Waals surface area contributed by atoms with Crippen molar-refractivity contribution < 1.29 is 0 Å². The van der Waals surface area contributed by atoms with Crippen LogP contribution >= 0.6 is 22.9 Å². The van der Waals surface area contributed by atoms with Gasteiger partial charge >= 0.3 is 0 Å². The van der Waals surface area contributed by atoms with Gasteiger partial charge in [0.2, 0.25) is 0 Å². The van der Waals surface area contributed by atoms with Crippen LogP contribution in [0.3, 0.4) is 0 Å². The Hall–Kier alpha value is -1.47. The van der Waals surface area contributed by atoms with Crippen LogP contribution in [0.2, 0.25) is 0 Å². The summed E-state index contributed by atoms with van der Waals surface area (Å²) < 4.78 is 2.22. The normalized spacial score (nSPS) is 12.6. The Morgan fingerprint density at radius 2 is 1.53 bits per heavy atom. The lowest BCUT2D eigenvalue weighted by molar-refractivity contribution is 1.07. The maximum absolute atomic E-state index is 3.26. The zero-order valence-corrected chi connectivity index (χ0v) is 11.3. The molecule has 0 fully saturated rings. The Morgan fingerprint density at radius 3 is 2.41 bits per heavy atom. The summed E-state index contributed by atoms with van der Waals surface area (Å²) in [5.41, 5.74) is 4.69. The summed E-state index contributed by atoms with van der Waals surface area (Å²) in [6, 6.07) is 16.6. The van der Waals surface area contributed by atoms with Crippen molar-refractivity contribution in [2.75, 3.05) is 3.11 Å². The first-order chi connectivity index (χ1) is 8.34. The highest BCUT2D eigenvalue weighted by atomic mass is 127. The SMILES string of the molecule is IN1Cc2ccccc2C#Cc2ccccc21. The molecule has 2 aromatic carbocycles. The lowest BCUT2D eigenvalue weighted by Gasteiger charge is -2.20. The molecule has 0 amide bonds. The predicted octanol–water partition coefficient (Wildman–Crippen LogP) is 3.76. The first-order valence-corrected chi connectivity index (χ1v) is 6.43. The Kier molecular flexibility index (Phi) is 2.77. The van der Waals surface area contributed by atoms with Gasteiger partial charge in [0.15, 0.2) is 0 Å². The van der Waals surface area contributed by atoms with E-state index < -0.39 is 0 Å². The van der Waals surface area contributed by atoms with E-state index in [0.717, 1.165) is 17.7 Å². The molecular weight excluding hydrogens is 321 g/mol. The predicted molar refractivity (Wildman–Crippen MR) is 79.1 cm³/mol. The van der Waals surface area contributed by atoms with Crippen molar-refractivity contribution in [1.29, 1.82) is 0 Å². The number of nitrogens with zero attached hydrogens (tertiary/aromatic N) is 1. The summed E-state index contributed by atoms with van der Waals surface area (Å²) in [6.07, 6.45) is 0. The van der Waals surface area contributed by atoms with Crippen LogP contribution < -0.4 is 3.11 Å². The summed E-state index contributed by atoms with van der Waals surface area (Å²) in [7, 11) is 0. The zero-order chi connectivity index (χ0) is 11.7. The lowest BCUT2D eigenvalue weighted by Crippen LogP contribution is -2.12. The number of rotatable bonds is 0. The van der Waals surface area contributed by atoms with Crippen molar-refractivity contribution in [3.8, 4) is 11.8 Å². The van der Waals surface area contributed by atoms with E-state index in [1.807, 2.05) is 12.1 Å². The van der Waals surface area contributed by atoms with Gasteiger partial charge in [0.05, 0.1) is 35.1 Å². The van der Waals surface area contributed by atoms with E-state index in [4.69, 9.17) is 0 Å². The summed E-state index contributed by atoms with van der Waals surface area (Å²) in [4.78, 5) is 0. The molecule has 3 rings (SSSR count). The van der Waals surface area contributed by atoms with Gasteiger partial charge in [0, 0.05) is 11.1 Å². The second-order valence-electron chi connectivity index (χ2n) is 3.94. The third kappa shape index (κ3) is 2.03. The molecule has 0 unspecified atom stereocenters. The Bertz CT molecular complexity index is 622. The number of para-hydroxylation sites is 1. The van der Waals surface area contributed by atoms with Gasteiger partial charge in [-0.1, -0.05) is 42.2 Å². The number of anilines is 1. The minimum absolute atomic E-state index is 0.891. The third-order valence-corrected chi connectivity index (χ3v) is 3.68. The molecule has 0 radical (unpaired) electrons. The smallest absolute Gasteiger partial charge is 0.0617 e. The van der Waals surface area contributed by atoms with Crippen LogP contribution in [0.1, 0.15) is 16.7 Å². The number of hydrogen-bond acceptors (Lipinski definition) is 1. The van der Waals surface area contributed by atoms with Crippen molar-refractivity contribution in [3.05, 3.63) is 65.2 Å². The lowest BCUT2D eigenvalue weighted by atomic mass is 10.0. The van der Waals surface area contributed by atoms with Gasteiger partial charge in [-0.15, -0.1) is 0 Å². The molecule has 0 spiro atoms. The molecule has 2 aromatic rings. The topological polar surface area (TPSA) is 3.24 Å². The molecule has 2 heteroatoms. The van der Waals surface area contributed by atoms with E-state index in [-0.39, 0.29) is 0 Å². The number of fused-ring (bicyclic) bond motifs is 2. The molecular formula is C15H10IN. The highest BCUT2D eigenvalue weighted by Crippen LogP contribution is 2.27. The summed E-state index contributed by atoms with van der Waals surface area (Å²) in [5, 5.41) is 0.